The molecule has 2 aromatic carbocycles. The molecule has 0 spiro atoms. The van der Waals surface area contributed by atoms with Crippen molar-refractivity contribution in [2.45, 2.75) is 5.92 Å². The first-order chi connectivity index (χ1) is 14.1. The summed E-state index contributed by atoms with van der Waals surface area (Å²) < 4.78 is 7.28. The molecule has 0 unspecified atom stereocenters. The van der Waals surface area contributed by atoms with Crippen LogP contribution in [0.1, 0.15) is 22.6 Å². The van der Waals surface area contributed by atoms with Gasteiger partial charge in [0, 0.05) is 39.4 Å². The van der Waals surface area contributed by atoms with Gasteiger partial charge in [0.25, 0.3) is 0 Å². The number of amides is 1. The van der Waals surface area contributed by atoms with E-state index in [9.17, 15) is 4.79 Å². The number of nitrogens with zero attached hydrogens (tertiary/aromatic N) is 1. The smallest absolute Gasteiger partial charge is 0.407 e. The summed E-state index contributed by atoms with van der Waals surface area (Å²) in [4.78, 5) is 16.3. The van der Waals surface area contributed by atoms with Gasteiger partial charge in [-0.15, -0.1) is 0 Å². The monoisotopic (exact) mass is 512 g/mol. The minimum absolute atomic E-state index is 0.0624. The van der Waals surface area contributed by atoms with E-state index in [1.165, 1.54) is 22.3 Å². The van der Waals surface area contributed by atoms with Crippen LogP contribution in [0.15, 0.2) is 75.9 Å². The Labute approximate surface area is 186 Å². The Hall–Kier alpha value is -2.44. The first-order valence-electron chi connectivity index (χ1n) is 9.19. The molecule has 1 amide bonds. The fourth-order valence-electron chi connectivity index (χ4n) is 3.55. The van der Waals surface area contributed by atoms with E-state index in [1.807, 2.05) is 36.4 Å². The third-order valence-electron chi connectivity index (χ3n) is 4.88. The van der Waals surface area contributed by atoms with Gasteiger partial charge in [0.15, 0.2) is 0 Å². The van der Waals surface area contributed by atoms with Crippen molar-refractivity contribution in [3.8, 4) is 11.1 Å². The summed E-state index contributed by atoms with van der Waals surface area (Å²) >= 11 is 6.92. The van der Waals surface area contributed by atoms with Crippen LogP contribution in [0.2, 0.25) is 0 Å². The molecule has 0 aliphatic heterocycles. The number of rotatable bonds is 5. The first-order valence-corrected chi connectivity index (χ1v) is 10.8. The largest absolute Gasteiger partial charge is 0.449 e. The normalized spacial score (nSPS) is 12.6. The molecule has 3 aromatic rings. The van der Waals surface area contributed by atoms with Gasteiger partial charge in [0.05, 0.1) is 0 Å². The lowest BCUT2D eigenvalue weighted by atomic mass is 9.98. The zero-order valence-corrected chi connectivity index (χ0v) is 18.6. The number of benzene rings is 2. The summed E-state index contributed by atoms with van der Waals surface area (Å²) in [5.74, 6) is 0.0624. The highest BCUT2D eigenvalue weighted by molar-refractivity contribution is 9.11. The van der Waals surface area contributed by atoms with Gasteiger partial charge < -0.3 is 10.1 Å². The molecular weight excluding hydrogens is 496 g/mol. The average Bonchev–Trinajstić information content (AvgIpc) is 3.05. The summed E-state index contributed by atoms with van der Waals surface area (Å²) in [6, 6.07) is 16.6. The van der Waals surface area contributed by atoms with Crippen molar-refractivity contribution in [3.63, 3.8) is 0 Å². The van der Waals surface area contributed by atoms with Crippen molar-refractivity contribution < 1.29 is 9.53 Å². The molecule has 1 aliphatic carbocycles. The summed E-state index contributed by atoms with van der Waals surface area (Å²) in [6.45, 7) is 0.683. The molecule has 29 heavy (non-hydrogen) atoms. The van der Waals surface area contributed by atoms with E-state index in [-0.39, 0.29) is 5.92 Å². The number of alkyl carbamates (subject to hydrolysis) is 1. The number of hydrogen-bond donors (Lipinski definition) is 1. The highest BCUT2D eigenvalue weighted by Gasteiger charge is 2.28. The standard InChI is InChI=1S/C23H18Br2N2O2/c24-21-12-26-13-22(25)19(21)10-5-11-27-23(28)29-14-20-17-8-3-1-6-15(17)16-7-2-4-9-18(16)20/h1-10,12-13,20H,11,14H2,(H,27,28). The van der Waals surface area contributed by atoms with E-state index in [0.29, 0.717) is 13.2 Å². The molecule has 0 saturated carbocycles. The molecule has 6 heteroatoms. The minimum Gasteiger partial charge on any atom is -0.449 e. The van der Waals surface area contributed by atoms with Crippen molar-refractivity contribution in [3.05, 3.63) is 92.6 Å². The van der Waals surface area contributed by atoms with Crippen LogP contribution in [0, 0.1) is 0 Å². The van der Waals surface area contributed by atoms with Crippen molar-refractivity contribution >= 4 is 44.0 Å². The number of carbonyl (C=O) groups excluding carboxylic acids is 1. The predicted molar refractivity (Wildman–Crippen MR) is 122 cm³/mol. The Morgan fingerprint density at radius 1 is 1.00 bits per heavy atom. The fourth-order valence-corrected chi connectivity index (χ4v) is 4.74. The van der Waals surface area contributed by atoms with E-state index in [2.05, 4.69) is 66.4 Å². The first kappa shape index (κ1) is 19.9. The van der Waals surface area contributed by atoms with E-state index in [4.69, 9.17) is 4.74 Å². The van der Waals surface area contributed by atoms with Gasteiger partial charge in [-0.2, -0.15) is 0 Å². The van der Waals surface area contributed by atoms with Crippen molar-refractivity contribution in [1.82, 2.24) is 10.3 Å². The summed E-state index contributed by atoms with van der Waals surface area (Å²) in [5, 5.41) is 2.77. The van der Waals surface area contributed by atoms with Crippen LogP contribution in [-0.4, -0.2) is 24.2 Å². The Morgan fingerprint density at radius 3 is 2.21 bits per heavy atom. The van der Waals surface area contributed by atoms with E-state index in [1.54, 1.807) is 12.4 Å². The highest BCUT2D eigenvalue weighted by atomic mass is 79.9. The second-order valence-corrected chi connectivity index (χ2v) is 8.33. The number of halogens is 2. The second kappa shape index (κ2) is 8.93. The van der Waals surface area contributed by atoms with E-state index >= 15 is 0 Å². The van der Waals surface area contributed by atoms with Crippen LogP contribution in [0.4, 0.5) is 4.79 Å². The van der Waals surface area contributed by atoms with Gasteiger partial charge in [0.2, 0.25) is 0 Å². The SMILES string of the molecule is O=C(NCC=Cc1c(Br)cncc1Br)OCC1c2ccccc2-c2ccccc21. The van der Waals surface area contributed by atoms with Crippen LogP contribution in [0.25, 0.3) is 17.2 Å². The molecule has 0 radical (unpaired) electrons. The lowest BCUT2D eigenvalue weighted by Crippen LogP contribution is -2.26. The molecule has 1 aliphatic rings. The third-order valence-corrected chi connectivity index (χ3v) is 6.15. The van der Waals surface area contributed by atoms with Gasteiger partial charge in [-0.25, -0.2) is 4.79 Å². The lowest BCUT2D eigenvalue weighted by molar-refractivity contribution is 0.144. The summed E-state index contributed by atoms with van der Waals surface area (Å²) in [7, 11) is 0. The Kier molecular flexibility index (Phi) is 6.11. The second-order valence-electron chi connectivity index (χ2n) is 6.63. The molecule has 1 aromatic heterocycles. The summed E-state index contributed by atoms with van der Waals surface area (Å²) in [5.41, 5.74) is 5.80. The number of carbonyl (C=O) groups is 1. The van der Waals surface area contributed by atoms with Gasteiger partial charge in [-0.05, 0) is 54.1 Å². The molecular formula is C23H18Br2N2O2. The Bertz CT molecular complexity index is 1020. The van der Waals surface area contributed by atoms with Crippen LogP contribution >= 0.6 is 31.9 Å². The quantitative estimate of drug-likeness (QED) is 0.444. The van der Waals surface area contributed by atoms with Crippen molar-refractivity contribution in [2.75, 3.05) is 13.2 Å². The number of hydrogen-bond acceptors (Lipinski definition) is 3. The molecule has 0 fully saturated rings. The molecule has 1 N–H and O–H groups in total. The zero-order chi connectivity index (χ0) is 20.2. The molecule has 0 bridgehead atoms. The number of ether oxygens (including phenoxy) is 1. The molecule has 1 heterocycles. The molecule has 4 rings (SSSR count). The fraction of sp³-hybridized carbons (Fsp3) is 0.130. The van der Waals surface area contributed by atoms with Crippen molar-refractivity contribution in [2.24, 2.45) is 0 Å². The Morgan fingerprint density at radius 2 is 1.59 bits per heavy atom. The van der Waals surface area contributed by atoms with E-state index in [0.717, 1.165) is 14.5 Å². The number of nitrogens with one attached hydrogen (secondary N) is 1. The van der Waals surface area contributed by atoms with Crippen LogP contribution in [0.3, 0.4) is 0 Å². The molecule has 0 saturated heterocycles. The van der Waals surface area contributed by atoms with Crippen LogP contribution < -0.4 is 5.32 Å². The number of fused-ring (bicyclic) bond motifs is 3. The van der Waals surface area contributed by atoms with Gasteiger partial charge >= 0.3 is 6.09 Å². The van der Waals surface area contributed by atoms with Crippen LogP contribution in [0.5, 0.6) is 0 Å². The lowest BCUT2D eigenvalue weighted by Gasteiger charge is -2.14. The predicted octanol–water partition coefficient (Wildman–Crippen LogP) is 6.16. The van der Waals surface area contributed by atoms with E-state index < -0.39 is 6.09 Å². The number of pyridine rings is 1. The molecule has 4 nitrogen and oxygen atoms in total. The number of aromatic nitrogens is 1. The van der Waals surface area contributed by atoms with Gasteiger partial charge in [-0.1, -0.05) is 60.7 Å². The Balaban J connectivity index is 1.35. The topological polar surface area (TPSA) is 51.2 Å². The third kappa shape index (κ3) is 4.28. The maximum atomic E-state index is 12.2. The highest BCUT2D eigenvalue weighted by Crippen LogP contribution is 2.44. The molecule has 146 valence electrons. The zero-order valence-electron chi connectivity index (χ0n) is 15.4. The van der Waals surface area contributed by atoms with Crippen LogP contribution in [-0.2, 0) is 4.74 Å². The maximum Gasteiger partial charge on any atom is 0.407 e. The average molecular weight is 514 g/mol. The summed E-state index contributed by atoms with van der Waals surface area (Å²) in [6.07, 6.45) is 6.81. The molecule has 0 atom stereocenters. The van der Waals surface area contributed by atoms with Gasteiger partial charge in [-0.3, -0.25) is 4.98 Å². The van der Waals surface area contributed by atoms with Gasteiger partial charge in [0.1, 0.15) is 6.61 Å². The maximum absolute atomic E-state index is 12.2. The minimum atomic E-state index is -0.427. The van der Waals surface area contributed by atoms with Crippen molar-refractivity contribution in [1.29, 1.82) is 0 Å².